The van der Waals surface area contributed by atoms with Gasteiger partial charge >= 0.3 is 0 Å². The van der Waals surface area contributed by atoms with Crippen molar-refractivity contribution in [3.63, 3.8) is 0 Å². The quantitative estimate of drug-likeness (QED) is 0.147. The van der Waals surface area contributed by atoms with Crippen LogP contribution >= 0.6 is 0 Å². The summed E-state index contributed by atoms with van der Waals surface area (Å²) in [5.74, 6) is 0.964. The number of hydrogen-bond acceptors (Lipinski definition) is 2. The highest BCUT2D eigenvalue weighted by Gasteiger charge is 2.22. The topological polar surface area (TPSA) is 21.8 Å². The number of allylic oxidation sites excluding steroid dienone is 2. The lowest BCUT2D eigenvalue weighted by atomic mass is 10.0. The zero-order valence-corrected chi connectivity index (χ0v) is 18.2. The third-order valence-electron chi connectivity index (χ3n) is 5.49. The van der Waals surface area contributed by atoms with Crippen LogP contribution in [-0.4, -0.2) is 19.3 Å². The highest BCUT2D eigenvalue weighted by Crippen LogP contribution is 2.17. The number of hydrogen-bond donors (Lipinski definition) is 0. The molecule has 1 aliphatic rings. The maximum absolute atomic E-state index is 5.69. The zero-order valence-electron chi connectivity index (χ0n) is 18.2. The van der Waals surface area contributed by atoms with Crippen molar-refractivity contribution >= 4 is 0 Å². The van der Waals surface area contributed by atoms with Gasteiger partial charge in [0.05, 0.1) is 6.61 Å². The molecule has 1 aromatic rings. The number of unbranched alkanes of at least 4 members (excludes halogenated alkanes) is 11. The van der Waals surface area contributed by atoms with Crippen molar-refractivity contribution in [3.8, 4) is 5.75 Å². The Bertz CT molecular complexity index is 502. The van der Waals surface area contributed by atoms with Gasteiger partial charge in [-0.25, -0.2) is 0 Å². The molecule has 0 saturated carbocycles. The first-order chi connectivity index (χ1) is 13.9. The largest absolute Gasteiger partial charge is 0.491 e. The SMILES string of the molecule is CCCCC/C=C/CCCCCCCCCCc1ccc(OCC2CO2)cc1. The Morgan fingerprint density at radius 2 is 1.39 bits per heavy atom. The van der Waals surface area contributed by atoms with E-state index in [-0.39, 0.29) is 0 Å². The third-order valence-corrected chi connectivity index (χ3v) is 5.49. The van der Waals surface area contributed by atoms with E-state index in [0.717, 1.165) is 12.4 Å². The minimum atomic E-state index is 0.330. The summed E-state index contributed by atoms with van der Waals surface area (Å²) in [5.41, 5.74) is 1.43. The fourth-order valence-corrected chi connectivity index (χ4v) is 3.51. The lowest BCUT2D eigenvalue weighted by molar-refractivity contribution is 0.263. The highest BCUT2D eigenvalue weighted by molar-refractivity contribution is 5.27. The van der Waals surface area contributed by atoms with Crippen LogP contribution in [0.3, 0.4) is 0 Å². The Morgan fingerprint density at radius 3 is 2.00 bits per heavy atom. The highest BCUT2D eigenvalue weighted by atomic mass is 16.6. The molecule has 2 rings (SSSR count). The van der Waals surface area contributed by atoms with Gasteiger partial charge in [0.25, 0.3) is 0 Å². The predicted molar refractivity (Wildman–Crippen MR) is 120 cm³/mol. The predicted octanol–water partition coefficient (Wildman–Crippen LogP) is 7.65. The Hall–Kier alpha value is -1.28. The van der Waals surface area contributed by atoms with Gasteiger partial charge < -0.3 is 9.47 Å². The Kier molecular flexibility index (Phi) is 12.8. The maximum atomic E-state index is 5.69. The molecule has 0 N–H and O–H groups in total. The number of rotatable bonds is 18. The summed E-state index contributed by atoms with van der Waals surface area (Å²) in [7, 11) is 0. The van der Waals surface area contributed by atoms with E-state index in [1.807, 2.05) is 0 Å². The Labute approximate surface area is 173 Å². The molecular weight excluding hydrogens is 344 g/mol. The monoisotopic (exact) mass is 386 g/mol. The van der Waals surface area contributed by atoms with Crippen LogP contribution in [0.4, 0.5) is 0 Å². The van der Waals surface area contributed by atoms with Gasteiger partial charge in [-0.2, -0.15) is 0 Å². The first kappa shape index (κ1) is 23.0. The first-order valence-corrected chi connectivity index (χ1v) is 11.9. The molecule has 1 heterocycles. The fraction of sp³-hybridized carbons (Fsp3) is 0.692. The van der Waals surface area contributed by atoms with Crippen molar-refractivity contribution in [2.24, 2.45) is 0 Å². The Morgan fingerprint density at radius 1 is 0.821 bits per heavy atom. The summed E-state index contributed by atoms with van der Waals surface area (Å²) in [4.78, 5) is 0. The van der Waals surface area contributed by atoms with E-state index in [2.05, 4.69) is 43.3 Å². The van der Waals surface area contributed by atoms with Gasteiger partial charge in [-0.05, 0) is 56.2 Å². The summed E-state index contributed by atoms with van der Waals surface area (Å²) in [6.45, 7) is 3.81. The van der Waals surface area contributed by atoms with E-state index in [4.69, 9.17) is 9.47 Å². The summed E-state index contributed by atoms with van der Waals surface area (Å²) in [6.07, 6.45) is 24.0. The van der Waals surface area contributed by atoms with E-state index in [0.29, 0.717) is 12.7 Å². The summed E-state index contributed by atoms with van der Waals surface area (Å²) >= 11 is 0. The van der Waals surface area contributed by atoms with Gasteiger partial charge in [0.15, 0.2) is 0 Å². The standard InChI is InChI=1S/C26H42O2/c1-2-3-4-5-6-7-8-9-10-11-12-13-14-15-16-17-24-18-20-25(21-19-24)27-22-26-23-28-26/h6-7,18-21,26H,2-5,8-17,22-23H2,1H3/b7-6+. The van der Waals surface area contributed by atoms with Crippen LogP contribution in [0.25, 0.3) is 0 Å². The van der Waals surface area contributed by atoms with Gasteiger partial charge in [0.1, 0.15) is 18.5 Å². The van der Waals surface area contributed by atoms with Crippen LogP contribution in [0.2, 0.25) is 0 Å². The van der Waals surface area contributed by atoms with E-state index in [9.17, 15) is 0 Å². The molecule has 0 amide bonds. The van der Waals surface area contributed by atoms with Crippen LogP contribution < -0.4 is 4.74 Å². The zero-order chi connectivity index (χ0) is 19.7. The molecule has 1 fully saturated rings. The number of ether oxygens (including phenoxy) is 2. The molecule has 2 nitrogen and oxygen atoms in total. The van der Waals surface area contributed by atoms with Crippen molar-refractivity contribution in [2.45, 2.75) is 103 Å². The van der Waals surface area contributed by atoms with Gasteiger partial charge in [-0.3, -0.25) is 0 Å². The summed E-state index contributed by atoms with van der Waals surface area (Å²) in [5, 5.41) is 0. The molecule has 1 aromatic carbocycles. The molecule has 1 aliphatic heterocycles. The van der Waals surface area contributed by atoms with Crippen LogP contribution in [0, 0.1) is 0 Å². The first-order valence-electron chi connectivity index (χ1n) is 11.9. The van der Waals surface area contributed by atoms with E-state index < -0.39 is 0 Å². The molecule has 1 unspecified atom stereocenters. The van der Waals surface area contributed by atoms with E-state index in [1.165, 1.54) is 95.5 Å². The molecule has 1 atom stereocenters. The molecule has 0 bridgehead atoms. The lowest BCUT2D eigenvalue weighted by Gasteiger charge is -2.06. The fourth-order valence-electron chi connectivity index (χ4n) is 3.51. The smallest absolute Gasteiger partial charge is 0.119 e. The summed E-state index contributed by atoms with van der Waals surface area (Å²) in [6, 6.07) is 8.61. The molecule has 28 heavy (non-hydrogen) atoms. The van der Waals surface area contributed by atoms with Crippen LogP contribution in [-0.2, 0) is 11.2 Å². The number of epoxide rings is 1. The van der Waals surface area contributed by atoms with Crippen LogP contribution in [0.15, 0.2) is 36.4 Å². The minimum absolute atomic E-state index is 0.330. The molecule has 1 saturated heterocycles. The second kappa shape index (κ2) is 15.6. The van der Waals surface area contributed by atoms with Crippen molar-refractivity contribution in [2.75, 3.05) is 13.2 Å². The van der Waals surface area contributed by atoms with Crippen molar-refractivity contribution in [1.29, 1.82) is 0 Å². The molecule has 158 valence electrons. The van der Waals surface area contributed by atoms with Gasteiger partial charge in [0, 0.05) is 0 Å². The van der Waals surface area contributed by atoms with Crippen molar-refractivity contribution in [3.05, 3.63) is 42.0 Å². The van der Waals surface area contributed by atoms with Crippen molar-refractivity contribution in [1.82, 2.24) is 0 Å². The number of benzene rings is 1. The second-order valence-corrected chi connectivity index (χ2v) is 8.24. The minimum Gasteiger partial charge on any atom is -0.491 e. The molecule has 0 spiro atoms. The molecule has 0 aliphatic carbocycles. The third kappa shape index (κ3) is 12.2. The lowest BCUT2D eigenvalue weighted by Crippen LogP contribution is -2.03. The molecule has 2 heteroatoms. The van der Waals surface area contributed by atoms with Gasteiger partial charge in [-0.15, -0.1) is 0 Å². The normalized spacial score (nSPS) is 16.0. The Balaban J connectivity index is 1.33. The molecule has 0 aromatic heterocycles. The second-order valence-electron chi connectivity index (χ2n) is 8.24. The van der Waals surface area contributed by atoms with E-state index in [1.54, 1.807) is 0 Å². The molecule has 0 radical (unpaired) electrons. The van der Waals surface area contributed by atoms with Gasteiger partial charge in [-0.1, -0.05) is 82.6 Å². The van der Waals surface area contributed by atoms with E-state index >= 15 is 0 Å². The average molecular weight is 387 g/mol. The van der Waals surface area contributed by atoms with Gasteiger partial charge in [0.2, 0.25) is 0 Å². The number of aryl methyl sites for hydroxylation is 1. The summed E-state index contributed by atoms with van der Waals surface area (Å²) < 4.78 is 10.9. The van der Waals surface area contributed by atoms with Crippen LogP contribution in [0.5, 0.6) is 5.75 Å². The average Bonchev–Trinajstić information content (AvgIpc) is 3.55. The van der Waals surface area contributed by atoms with Crippen molar-refractivity contribution < 1.29 is 9.47 Å². The van der Waals surface area contributed by atoms with Crippen LogP contribution in [0.1, 0.15) is 96.0 Å². The maximum Gasteiger partial charge on any atom is 0.119 e. The molecular formula is C26H42O2.